The molecule has 4 aromatic rings. The summed E-state index contributed by atoms with van der Waals surface area (Å²) in [6.07, 6.45) is 4.85. The minimum absolute atomic E-state index is 0.0445. The van der Waals surface area contributed by atoms with E-state index in [-0.39, 0.29) is 12.0 Å². The fourth-order valence-corrected chi connectivity index (χ4v) is 4.25. The van der Waals surface area contributed by atoms with Crippen LogP contribution in [-0.4, -0.2) is 31.5 Å². The number of hydrogen-bond acceptors (Lipinski definition) is 6. The summed E-state index contributed by atoms with van der Waals surface area (Å²) in [5.41, 5.74) is 4.45. The summed E-state index contributed by atoms with van der Waals surface area (Å²) in [5, 5.41) is 0.326. The van der Waals surface area contributed by atoms with Gasteiger partial charge in [0.15, 0.2) is 5.65 Å². The van der Waals surface area contributed by atoms with Gasteiger partial charge in [-0.2, -0.15) is 0 Å². The number of aryl methyl sites for hydroxylation is 2. The van der Waals surface area contributed by atoms with Crippen molar-refractivity contribution in [1.29, 1.82) is 0 Å². The SMILES string of the molecule is Cc1cc([C@H]2C[C@H](c3nc(-c4ccc(Cl)cc4F)c4ncc(C)nc4n3)CCO2)ccn1. The predicted molar refractivity (Wildman–Crippen MR) is 120 cm³/mol. The summed E-state index contributed by atoms with van der Waals surface area (Å²) in [6.45, 7) is 4.40. The minimum atomic E-state index is -0.456. The second kappa shape index (κ2) is 8.48. The number of halogens is 2. The number of aromatic nitrogens is 5. The summed E-state index contributed by atoms with van der Waals surface area (Å²) in [5.74, 6) is 0.215. The summed E-state index contributed by atoms with van der Waals surface area (Å²) in [4.78, 5) is 22.8. The van der Waals surface area contributed by atoms with E-state index in [0.29, 0.717) is 39.9 Å². The first-order valence-corrected chi connectivity index (χ1v) is 10.9. The fourth-order valence-electron chi connectivity index (χ4n) is 4.09. The van der Waals surface area contributed by atoms with Crippen molar-refractivity contribution in [3.05, 3.63) is 76.3 Å². The van der Waals surface area contributed by atoms with E-state index in [1.54, 1.807) is 24.5 Å². The van der Waals surface area contributed by atoms with Gasteiger partial charge in [-0.15, -0.1) is 0 Å². The topological polar surface area (TPSA) is 73.7 Å². The minimum Gasteiger partial charge on any atom is -0.373 e. The third-order valence-electron chi connectivity index (χ3n) is 5.67. The highest BCUT2D eigenvalue weighted by Crippen LogP contribution is 2.38. The third-order valence-corrected chi connectivity index (χ3v) is 5.91. The molecule has 0 saturated carbocycles. The van der Waals surface area contributed by atoms with Crippen LogP contribution in [0.15, 0.2) is 42.7 Å². The standard InChI is InChI=1S/C24H21ClFN5O/c1-13-9-15(5-7-27-13)20-10-16(6-8-32-20)23-30-21(18-4-3-17(25)11-19(18)26)22-24(31-23)29-14(2)12-28-22/h3-5,7,9,11-12,16,20H,6,8,10H2,1-2H3/t16-,20-/m1/s1. The number of pyridine rings is 1. The van der Waals surface area contributed by atoms with Crippen molar-refractivity contribution >= 4 is 22.8 Å². The molecule has 1 aliphatic heterocycles. The second-order valence-corrected chi connectivity index (χ2v) is 8.49. The molecule has 6 nitrogen and oxygen atoms in total. The number of hydrogen-bond donors (Lipinski definition) is 0. The highest BCUT2D eigenvalue weighted by molar-refractivity contribution is 6.30. The van der Waals surface area contributed by atoms with Gasteiger partial charge in [-0.05, 0) is 62.6 Å². The molecule has 1 fully saturated rings. The van der Waals surface area contributed by atoms with Crippen molar-refractivity contribution in [1.82, 2.24) is 24.9 Å². The van der Waals surface area contributed by atoms with E-state index in [4.69, 9.17) is 26.3 Å². The van der Waals surface area contributed by atoms with Crippen LogP contribution in [0, 0.1) is 19.7 Å². The maximum atomic E-state index is 14.8. The number of fused-ring (bicyclic) bond motifs is 1. The van der Waals surface area contributed by atoms with E-state index < -0.39 is 5.82 Å². The Bertz CT molecular complexity index is 1320. The van der Waals surface area contributed by atoms with Gasteiger partial charge in [0.05, 0.1) is 11.8 Å². The normalized spacial score (nSPS) is 18.8. The Labute approximate surface area is 189 Å². The molecule has 1 aliphatic rings. The van der Waals surface area contributed by atoms with E-state index in [0.717, 1.165) is 29.8 Å². The lowest BCUT2D eigenvalue weighted by Gasteiger charge is -2.29. The molecule has 1 aromatic carbocycles. The molecule has 0 bridgehead atoms. The molecule has 2 atom stereocenters. The zero-order valence-corrected chi connectivity index (χ0v) is 18.5. The molecule has 0 aliphatic carbocycles. The smallest absolute Gasteiger partial charge is 0.182 e. The lowest BCUT2D eigenvalue weighted by molar-refractivity contribution is 0.00393. The molecule has 0 amide bonds. The zero-order valence-electron chi connectivity index (χ0n) is 17.7. The molecule has 0 unspecified atom stereocenters. The Morgan fingerprint density at radius 2 is 1.91 bits per heavy atom. The van der Waals surface area contributed by atoms with Gasteiger partial charge in [-0.3, -0.25) is 4.98 Å². The van der Waals surface area contributed by atoms with Gasteiger partial charge < -0.3 is 4.74 Å². The van der Waals surface area contributed by atoms with Crippen LogP contribution >= 0.6 is 11.6 Å². The molecular formula is C24H21ClFN5O. The highest BCUT2D eigenvalue weighted by atomic mass is 35.5. The van der Waals surface area contributed by atoms with Crippen LogP contribution in [0.4, 0.5) is 4.39 Å². The van der Waals surface area contributed by atoms with E-state index in [1.165, 1.54) is 6.07 Å². The molecular weight excluding hydrogens is 429 g/mol. The van der Waals surface area contributed by atoms with E-state index >= 15 is 0 Å². The van der Waals surface area contributed by atoms with Gasteiger partial charge in [0, 0.05) is 41.2 Å². The van der Waals surface area contributed by atoms with Crippen LogP contribution in [0.2, 0.25) is 5.02 Å². The fraction of sp³-hybridized carbons (Fsp3) is 0.292. The monoisotopic (exact) mass is 449 g/mol. The van der Waals surface area contributed by atoms with Gasteiger partial charge in [0.1, 0.15) is 22.9 Å². The molecule has 0 N–H and O–H groups in total. The van der Waals surface area contributed by atoms with Gasteiger partial charge in [0.25, 0.3) is 0 Å². The molecule has 5 rings (SSSR count). The zero-order chi connectivity index (χ0) is 22.2. The van der Waals surface area contributed by atoms with Gasteiger partial charge in [0.2, 0.25) is 0 Å². The van der Waals surface area contributed by atoms with Gasteiger partial charge in [-0.1, -0.05) is 11.6 Å². The lowest BCUT2D eigenvalue weighted by Crippen LogP contribution is -2.21. The summed E-state index contributed by atoms with van der Waals surface area (Å²) >= 11 is 5.96. The maximum Gasteiger partial charge on any atom is 0.182 e. The van der Waals surface area contributed by atoms with Gasteiger partial charge >= 0.3 is 0 Å². The quantitative estimate of drug-likeness (QED) is 0.409. The molecule has 0 spiro atoms. The summed E-state index contributed by atoms with van der Waals surface area (Å²) < 4.78 is 20.9. The second-order valence-electron chi connectivity index (χ2n) is 8.05. The van der Waals surface area contributed by atoms with Crippen LogP contribution < -0.4 is 0 Å². The average molecular weight is 450 g/mol. The first kappa shape index (κ1) is 20.8. The number of nitrogens with zero attached hydrogens (tertiary/aromatic N) is 5. The molecule has 0 radical (unpaired) electrons. The van der Waals surface area contributed by atoms with Crippen molar-refractivity contribution in [3.8, 4) is 11.3 Å². The van der Waals surface area contributed by atoms with Crippen molar-refractivity contribution in [2.45, 2.75) is 38.7 Å². The Kier molecular flexibility index (Phi) is 5.53. The Morgan fingerprint density at radius 3 is 2.72 bits per heavy atom. The Balaban J connectivity index is 1.59. The molecule has 8 heteroatoms. The van der Waals surface area contributed by atoms with Crippen molar-refractivity contribution in [2.24, 2.45) is 0 Å². The van der Waals surface area contributed by atoms with E-state index in [2.05, 4.69) is 15.0 Å². The largest absolute Gasteiger partial charge is 0.373 e. The Hall–Kier alpha value is -3.03. The molecule has 1 saturated heterocycles. The van der Waals surface area contributed by atoms with E-state index in [9.17, 15) is 4.39 Å². The van der Waals surface area contributed by atoms with Crippen LogP contribution in [-0.2, 0) is 4.74 Å². The van der Waals surface area contributed by atoms with Crippen LogP contribution in [0.1, 0.15) is 47.6 Å². The highest BCUT2D eigenvalue weighted by Gasteiger charge is 2.29. The average Bonchev–Trinajstić information content (AvgIpc) is 2.78. The predicted octanol–water partition coefficient (Wildman–Crippen LogP) is 5.53. The Morgan fingerprint density at radius 1 is 1.03 bits per heavy atom. The number of benzene rings is 1. The molecule has 4 heterocycles. The van der Waals surface area contributed by atoms with E-state index in [1.807, 2.05) is 26.0 Å². The number of rotatable bonds is 3. The molecule has 32 heavy (non-hydrogen) atoms. The van der Waals surface area contributed by atoms with Crippen molar-refractivity contribution in [3.63, 3.8) is 0 Å². The van der Waals surface area contributed by atoms with Gasteiger partial charge in [-0.25, -0.2) is 24.3 Å². The van der Waals surface area contributed by atoms with Crippen molar-refractivity contribution in [2.75, 3.05) is 6.61 Å². The third kappa shape index (κ3) is 4.06. The van der Waals surface area contributed by atoms with Crippen LogP contribution in [0.5, 0.6) is 0 Å². The van der Waals surface area contributed by atoms with Crippen LogP contribution in [0.25, 0.3) is 22.4 Å². The molecule has 162 valence electrons. The van der Waals surface area contributed by atoms with Crippen LogP contribution in [0.3, 0.4) is 0 Å². The summed E-state index contributed by atoms with van der Waals surface area (Å²) in [7, 11) is 0. The maximum absolute atomic E-state index is 14.8. The molecule has 3 aromatic heterocycles. The number of ether oxygens (including phenoxy) is 1. The lowest BCUT2D eigenvalue weighted by atomic mass is 9.91. The first-order valence-electron chi connectivity index (χ1n) is 10.5. The van der Waals surface area contributed by atoms with Crippen molar-refractivity contribution < 1.29 is 9.13 Å². The first-order chi connectivity index (χ1) is 15.5. The summed E-state index contributed by atoms with van der Waals surface area (Å²) in [6, 6.07) is 8.56.